The van der Waals surface area contributed by atoms with Gasteiger partial charge in [0.25, 0.3) is 5.56 Å². The molecule has 0 bridgehead atoms. The maximum atomic E-state index is 13.2. The molecule has 2 aliphatic rings. The number of aromatic nitrogens is 2. The van der Waals surface area contributed by atoms with Gasteiger partial charge in [-0.1, -0.05) is 12.1 Å². The molecular formula is C24H29N5O2. The number of rotatable bonds is 4. The van der Waals surface area contributed by atoms with E-state index in [2.05, 4.69) is 21.4 Å². The van der Waals surface area contributed by atoms with Crippen molar-refractivity contribution in [3.05, 3.63) is 57.0 Å². The molecule has 0 saturated carbocycles. The maximum Gasteiger partial charge on any atom is 0.255 e. The van der Waals surface area contributed by atoms with E-state index in [9.17, 15) is 9.59 Å². The summed E-state index contributed by atoms with van der Waals surface area (Å²) in [6.45, 7) is 5.18. The first-order valence-corrected chi connectivity index (χ1v) is 11.1. The van der Waals surface area contributed by atoms with E-state index in [0.29, 0.717) is 24.6 Å². The molecule has 1 amide bonds. The minimum Gasteiger partial charge on any atom is -0.353 e. The number of benzene rings is 1. The number of carbonyl (C=O) groups is 1. The molecule has 2 N–H and O–H groups in total. The first-order valence-electron chi connectivity index (χ1n) is 11.1. The number of hydrogen-bond donors (Lipinski definition) is 2. The van der Waals surface area contributed by atoms with Gasteiger partial charge >= 0.3 is 0 Å². The van der Waals surface area contributed by atoms with Gasteiger partial charge in [-0.3, -0.25) is 14.6 Å². The Morgan fingerprint density at radius 3 is 2.55 bits per heavy atom. The predicted molar refractivity (Wildman–Crippen MR) is 119 cm³/mol. The second-order valence-electron chi connectivity index (χ2n) is 9.07. The summed E-state index contributed by atoms with van der Waals surface area (Å²) in [6.07, 6.45) is 5.42. The lowest BCUT2D eigenvalue weighted by molar-refractivity contribution is -0.137. The molecule has 2 aromatic rings. The number of aromatic amines is 1. The number of H-pyrrole nitrogens is 1. The van der Waals surface area contributed by atoms with Crippen LogP contribution in [0.25, 0.3) is 0 Å². The molecule has 1 aromatic carbocycles. The molecule has 1 fully saturated rings. The van der Waals surface area contributed by atoms with Gasteiger partial charge in [0.2, 0.25) is 11.9 Å². The third-order valence-corrected chi connectivity index (χ3v) is 6.58. The van der Waals surface area contributed by atoms with Crippen molar-refractivity contribution in [2.24, 2.45) is 0 Å². The van der Waals surface area contributed by atoms with Crippen molar-refractivity contribution in [2.75, 3.05) is 18.4 Å². The van der Waals surface area contributed by atoms with Crippen LogP contribution in [0.5, 0.6) is 0 Å². The standard InChI is InChI=1S/C24H29N5O2/c1-24(2,17-9-7-16(15-25)8-10-17)22(31)29-13-11-18(12-14-29)26-23-27-20-6-4-3-5-19(20)21(30)28-23/h7-10,18H,3-6,11-14H2,1-2H3,(H2,26,27,28,30). The molecule has 7 nitrogen and oxygen atoms in total. The van der Waals surface area contributed by atoms with Crippen molar-refractivity contribution in [1.29, 1.82) is 5.26 Å². The molecule has 1 aliphatic heterocycles. The summed E-state index contributed by atoms with van der Waals surface area (Å²) in [7, 11) is 0. The number of fused-ring (bicyclic) bond motifs is 1. The number of hydrogen-bond acceptors (Lipinski definition) is 5. The molecule has 0 atom stereocenters. The molecule has 162 valence electrons. The molecule has 1 aliphatic carbocycles. The highest BCUT2D eigenvalue weighted by Gasteiger charge is 2.35. The summed E-state index contributed by atoms with van der Waals surface area (Å²) in [5.74, 6) is 0.643. The largest absolute Gasteiger partial charge is 0.353 e. The van der Waals surface area contributed by atoms with Crippen LogP contribution in [0.15, 0.2) is 29.1 Å². The Labute approximate surface area is 182 Å². The molecule has 31 heavy (non-hydrogen) atoms. The summed E-state index contributed by atoms with van der Waals surface area (Å²) >= 11 is 0. The predicted octanol–water partition coefficient (Wildman–Crippen LogP) is 2.90. The quantitative estimate of drug-likeness (QED) is 0.793. The average molecular weight is 420 g/mol. The Kier molecular flexibility index (Phi) is 5.81. The van der Waals surface area contributed by atoms with Gasteiger partial charge in [-0.25, -0.2) is 4.98 Å². The molecule has 2 heterocycles. The number of piperidine rings is 1. The van der Waals surface area contributed by atoms with Gasteiger partial charge in [-0.2, -0.15) is 5.26 Å². The fraction of sp³-hybridized carbons (Fsp3) is 0.500. The lowest BCUT2D eigenvalue weighted by Crippen LogP contribution is -2.49. The highest BCUT2D eigenvalue weighted by Crippen LogP contribution is 2.28. The Balaban J connectivity index is 1.38. The Bertz CT molecular complexity index is 1060. The fourth-order valence-electron chi connectivity index (χ4n) is 4.57. The van der Waals surface area contributed by atoms with E-state index in [1.54, 1.807) is 12.1 Å². The van der Waals surface area contributed by atoms with Crippen molar-refractivity contribution < 1.29 is 4.79 Å². The maximum absolute atomic E-state index is 13.2. The smallest absolute Gasteiger partial charge is 0.255 e. The van der Waals surface area contributed by atoms with E-state index in [0.717, 1.165) is 55.3 Å². The van der Waals surface area contributed by atoms with Crippen molar-refractivity contribution in [3.63, 3.8) is 0 Å². The van der Waals surface area contributed by atoms with E-state index < -0.39 is 5.41 Å². The number of likely N-dealkylation sites (tertiary alicyclic amines) is 1. The van der Waals surface area contributed by atoms with Gasteiger partial charge in [-0.15, -0.1) is 0 Å². The number of aryl methyl sites for hydroxylation is 1. The summed E-state index contributed by atoms with van der Waals surface area (Å²) in [4.78, 5) is 35.0. The minimum absolute atomic E-state index is 0.0241. The summed E-state index contributed by atoms with van der Waals surface area (Å²) in [6, 6.07) is 9.53. The van der Waals surface area contributed by atoms with Crippen molar-refractivity contribution in [3.8, 4) is 6.07 Å². The van der Waals surface area contributed by atoms with Gasteiger partial charge in [0.05, 0.1) is 22.7 Å². The number of nitrogens with zero attached hydrogens (tertiary/aromatic N) is 3. The molecule has 0 unspecified atom stereocenters. The van der Waals surface area contributed by atoms with Crippen LogP contribution in [-0.4, -0.2) is 39.9 Å². The van der Waals surface area contributed by atoms with Crippen molar-refractivity contribution >= 4 is 11.9 Å². The fourth-order valence-corrected chi connectivity index (χ4v) is 4.57. The number of anilines is 1. The van der Waals surface area contributed by atoms with E-state index in [1.807, 2.05) is 30.9 Å². The highest BCUT2D eigenvalue weighted by atomic mass is 16.2. The molecule has 1 aromatic heterocycles. The van der Waals surface area contributed by atoms with E-state index in [-0.39, 0.29) is 17.5 Å². The zero-order chi connectivity index (χ0) is 22.0. The van der Waals surface area contributed by atoms with Crippen LogP contribution in [0.2, 0.25) is 0 Å². The van der Waals surface area contributed by atoms with Crippen LogP contribution in [-0.2, 0) is 23.1 Å². The van der Waals surface area contributed by atoms with Crippen LogP contribution in [0.4, 0.5) is 5.95 Å². The minimum atomic E-state index is -0.653. The Morgan fingerprint density at radius 1 is 1.19 bits per heavy atom. The Hall–Kier alpha value is -3.14. The monoisotopic (exact) mass is 419 g/mol. The van der Waals surface area contributed by atoms with E-state index in [1.165, 1.54) is 0 Å². The second-order valence-corrected chi connectivity index (χ2v) is 9.07. The third-order valence-electron chi connectivity index (χ3n) is 6.58. The van der Waals surface area contributed by atoms with Crippen LogP contribution in [0.1, 0.15) is 61.9 Å². The molecule has 0 radical (unpaired) electrons. The SMILES string of the molecule is CC(C)(C(=O)N1CCC(Nc2nc3c(c(=O)[nH]2)CCCC3)CC1)c1ccc(C#N)cc1. The van der Waals surface area contributed by atoms with Gasteiger partial charge in [-0.05, 0) is 70.1 Å². The normalized spacial score (nSPS) is 17.0. The molecule has 1 saturated heterocycles. The molecule has 7 heteroatoms. The lowest BCUT2D eigenvalue weighted by atomic mass is 9.82. The van der Waals surface area contributed by atoms with Crippen LogP contribution >= 0.6 is 0 Å². The van der Waals surface area contributed by atoms with Gasteiger partial charge in [0.1, 0.15) is 0 Å². The Morgan fingerprint density at radius 2 is 1.87 bits per heavy atom. The van der Waals surface area contributed by atoms with E-state index >= 15 is 0 Å². The molecule has 4 rings (SSSR count). The lowest BCUT2D eigenvalue weighted by Gasteiger charge is -2.37. The van der Waals surface area contributed by atoms with Crippen LogP contribution in [0.3, 0.4) is 0 Å². The van der Waals surface area contributed by atoms with E-state index in [4.69, 9.17) is 5.26 Å². The number of carbonyl (C=O) groups excluding carboxylic acids is 1. The van der Waals surface area contributed by atoms with Crippen molar-refractivity contribution in [2.45, 2.75) is 63.8 Å². The van der Waals surface area contributed by atoms with Crippen LogP contribution < -0.4 is 10.9 Å². The van der Waals surface area contributed by atoms with Crippen molar-refractivity contribution in [1.82, 2.24) is 14.9 Å². The first kappa shape index (κ1) is 21.1. The number of nitrogens with one attached hydrogen (secondary N) is 2. The topological polar surface area (TPSA) is 102 Å². The van der Waals surface area contributed by atoms with Gasteiger partial charge < -0.3 is 10.2 Å². The zero-order valence-corrected chi connectivity index (χ0v) is 18.2. The molecule has 0 spiro atoms. The van der Waals surface area contributed by atoms with Gasteiger partial charge in [0, 0.05) is 24.7 Å². The summed E-state index contributed by atoms with van der Waals surface area (Å²) in [5.41, 5.74) is 2.58. The van der Waals surface area contributed by atoms with Gasteiger partial charge in [0.15, 0.2) is 0 Å². The summed E-state index contributed by atoms with van der Waals surface area (Å²) < 4.78 is 0. The third kappa shape index (κ3) is 4.34. The first-order chi connectivity index (χ1) is 14.9. The highest BCUT2D eigenvalue weighted by molar-refractivity contribution is 5.87. The average Bonchev–Trinajstić information content (AvgIpc) is 2.79. The number of amides is 1. The zero-order valence-electron chi connectivity index (χ0n) is 18.2. The second kappa shape index (κ2) is 8.54. The molecular weight excluding hydrogens is 390 g/mol. The number of nitriles is 1. The van der Waals surface area contributed by atoms with Crippen LogP contribution in [0, 0.1) is 11.3 Å². The summed E-state index contributed by atoms with van der Waals surface area (Å²) in [5, 5.41) is 12.4.